The van der Waals surface area contributed by atoms with Crippen LogP contribution < -0.4 is 5.32 Å². The highest BCUT2D eigenvalue weighted by molar-refractivity contribution is 5.94. The number of carbonyl (C=O) groups is 2. The van der Waals surface area contributed by atoms with Crippen LogP contribution in [0, 0.1) is 5.82 Å². The van der Waals surface area contributed by atoms with Crippen molar-refractivity contribution in [3.63, 3.8) is 0 Å². The molecule has 1 unspecified atom stereocenters. The minimum absolute atomic E-state index is 0.000311. The van der Waals surface area contributed by atoms with E-state index in [1.807, 2.05) is 0 Å². The van der Waals surface area contributed by atoms with Crippen LogP contribution in [0.3, 0.4) is 0 Å². The van der Waals surface area contributed by atoms with Crippen LogP contribution in [-0.2, 0) is 16.1 Å². The molecular weight excluding hydrogens is 225 g/mol. The lowest BCUT2D eigenvalue weighted by Crippen LogP contribution is -2.56. The molecule has 2 amide bonds. The predicted octanol–water partition coefficient (Wildman–Crippen LogP) is 0.0676. The van der Waals surface area contributed by atoms with Crippen molar-refractivity contribution in [2.45, 2.75) is 19.5 Å². The van der Waals surface area contributed by atoms with Gasteiger partial charge in [0, 0.05) is 12.7 Å². The van der Waals surface area contributed by atoms with Crippen LogP contribution in [-0.4, -0.2) is 34.3 Å². The SMILES string of the molecule is CC1NC(=O)CN(Cc2cncc(F)c2)C1=O. The standard InChI is InChI=1S/C11H12FN3O2/c1-7-11(17)15(6-10(16)14-7)5-8-2-9(12)4-13-3-8/h2-4,7H,5-6H2,1H3,(H,14,16). The highest BCUT2D eigenvalue weighted by Crippen LogP contribution is 2.09. The maximum atomic E-state index is 12.9. The molecular formula is C11H12FN3O2. The molecule has 5 nitrogen and oxygen atoms in total. The molecule has 0 radical (unpaired) electrons. The Kier molecular flexibility index (Phi) is 3.03. The second kappa shape index (κ2) is 4.48. The summed E-state index contributed by atoms with van der Waals surface area (Å²) in [5.41, 5.74) is 0.570. The highest BCUT2D eigenvalue weighted by atomic mass is 19.1. The van der Waals surface area contributed by atoms with Gasteiger partial charge in [-0.1, -0.05) is 0 Å². The third kappa shape index (κ3) is 2.58. The molecule has 1 saturated heterocycles. The van der Waals surface area contributed by atoms with Crippen LogP contribution in [0.15, 0.2) is 18.5 Å². The molecule has 1 aliphatic rings. The van der Waals surface area contributed by atoms with Gasteiger partial charge in [-0.05, 0) is 18.6 Å². The topological polar surface area (TPSA) is 62.3 Å². The molecule has 90 valence electrons. The fourth-order valence-corrected chi connectivity index (χ4v) is 1.77. The predicted molar refractivity (Wildman–Crippen MR) is 57.2 cm³/mol. The number of carbonyl (C=O) groups excluding carboxylic acids is 2. The number of nitrogens with one attached hydrogen (secondary N) is 1. The third-order valence-corrected chi connectivity index (χ3v) is 2.53. The summed E-state index contributed by atoms with van der Waals surface area (Å²) in [6.07, 6.45) is 2.57. The Morgan fingerprint density at radius 2 is 2.29 bits per heavy atom. The summed E-state index contributed by atoms with van der Waals surface area (Å²) in [5.74, 6) is -0.834. The number of halogens is 1. The van der Waals surface area contributed by atoms with Crippen molar-refractivity contribution >= 4 is 11.8 Å². The van der Waals surface area contributed by atoms with E-state index in [9.17, 15) is 14.0 Å². The molecule has 17 heavy (non-hydrogen) atoms. The van der Waals surface area contributed by atoms with Gasteiger partial charge in [0.1, 0.15) is 11.9 Å². The molecule has 1 aromatic heterocycles. The van der Waals surface area contributed by atoms with E-state index in [1.165, 1.54) is 17.2 Å². The Morgan fingerprint density at radius 1 is 1.53 bits per heavy atom. The number of aromatic nitrogens is 1. The minimum atomic E-state index is -0.530. The molecule has 1 aliphatic heterocycles. The molecule has 0 spiro atoms. The van der Waals surface area contributed by atoms with Gasteiger partial charge in [-0.2, -0.15) is 0 Å². The summed E-state index contributed by atoms with van der Waals surface area (Å²) in [4.78, 5) is 28.1. The maximum absolute atomic E-state index is 12.9. The van der Waals surface area contributed by atoms with Crippen molar-refractivity contribution in [3.8, 4) is 0 Å². The lowest BCUT2D eigenvalue weighted by atomic mass is 10.2. The first-order chi connectivity index (χ1) is 8.06. The number of hydrogen-bond acceptors (Lipinski definition) is 3. The van der Waals surface area contributed by atoms with Crippen molar-refractivity contribution < 1.29 is 14.0 Å². The van der Waals surface area contributed by atoms with Gasteiger partial charge in [0.15, 0.2) is 0 Å². The smallest absolute Gasteiger partial charge is 0.245 e. The number of pyridine rings is 1. The maximum Gasteiger partial charge on any atom is 0.245 e. The Bertz CT molecular complexity index is 464. The second-order valence-electron chi connectivity index (χ2n) is 3.99. The number of hydrogen-bond donors (Lipinski definition) is 1. The summed E-state index contributed by atoms with van der Waals surface area (Å²) in [6.45, 7) is 1.82. The number of piperazine rings is 1. The van der Waals surface area contributed by atoms with Gasteiger partial charge < -0.3 is 10.2 Å². The Hall–Kier alpha value is -1.98. The molecule has 1 atom stereocenters. The van der Waals surface area contributed by atoms with E-state index in [-0.39, 0.29) is 24.9 Å². The van der Waals surface area contributed by atoms with E-state index in [1.54, 1.807) is 6.92 Å². The van der Waals surface area contributed by atoms with E-state index in [2.05, 4.69) is 10.3 Å². The van der Waals surface area contributed by atoms with Crippen LogP contribution in [0.2, 0.25) is 0 Å². The van der Waals surface area contributed by atoms with Crippen molar-refractivity contribution in [1.29, 1.82) is 0 Å². The average molecular weight is 237 g/mol. The van der Waals surface area contributed by atoms with Crippen LogP contribution in [0.1, 0.15) is 12.5 Å². The highest BCUT2D eigenvalue weighted by Gasteiger charge is 2.29. The molecule has 2 rings (SSSR count). The first-order valence-electron chi connectivity index (χ1n) is 5.24. The van der Waals surface area contributed by atoms with Crippen LogP contribution in [0.4, 0.5) is 4.39 Å². The fraction of sp³-hybridized carbons (Fsp3) is 0.364. The molecule has 0 saturated carbocycles. The Balaban J connectivity index is 2.12. The molecule has 6 heteroatoms. The summed E-state index contributed by atoms with van der Waals surface area (Å²) in [7, 11) is 0. The fourth-order valence-electron chi connectivity index (χ4n) is 1.77. The molecule has 1 fully saturated rings. The second-order valence-corrected chi connectivity index (χ2v) is 3.99. The zero-order chi connectivity index (χ0) is 12.4. The number of nitrogens with zero attached hydrogens (tertiary/aromatic N) is 2. The van der Waals surface area contributed by atoms with Crippen molar-refractivity contribution in [2.75, 3.05) is 6.54 Å². The molecule has 0 bridgehead atoms. The van der Waals surface area contributed by atoms with Gasteiger partial charge in [-0.3, -0.25) is 14.6 Å². The minimum Gasteiger partial charge on any atom is -0.343 e. The molecule has 2 heterocycles. The lowest BCUT2D eigenvalue weighted by Gasteiger charge is -2.30. The lowest BCUT2D eigenvalue weighted by molar-refractivity contribution is -0.144. The van der Waals surface area contributed by atoms with E-state index in [4.69, 9.17) is 0 Å². The van der Waals surface area contributed by atoms with E-state index < -0.39 is 11.9 Å². The van der Waals surface area contributed by atoms with E-state index in [0.29, 0.717) is 5.56 Å². The van der Waals surface area contributed by atoms with Crippen molar-refractivity contribution in [1.82, 2.24) is 15.2 Å². The average Bonchev–Trinajstić information content (AvgIpc) is 2.25. The normalized spacial score (nSPS) is 20.4. The number of rotatable bonds is 2. The van der Waals surface area contributed by atoms with Crippen LogP contribution in [0.5, 0.6) is 0 Å². The zero-order valence-electron chi connectivity index (χ0n) is 9.31. The van der Waals surface area contributed by atoms with Gasteiger partial charge in [0.2, 0.25) is 11.8 Å². The van der Waals surface area contributed by atoms with Crippen LogP contribution in [0.25, 0.3) is 0 Å². The van der Waals surface area contributed by atoms with Gasteiger partial charge in [0.25, 0.3) is 0 Å². The number of amides is 2. The third-order valence-electron chi connectivity index (χ3n) is 2.53. The van der Waals surface area contributed by atoms with Gasteiger partial charge in [0.05, 0.1) is 12.7 Å². The first kappa shape index (κ1) is 11.5. The summed E-state index contributed by atoms with van der Waals surface area (Å²) >= 11 is 0. The quantitative estimate of drug-likeness (QED) is 0.791. The first-order valence-corrected chi connectivity index (χ1v) is 5.24. The van der Waals surface area contributed by atoms with Crippen molar-refractivity contribution in [3.05, 3.63) is 29.8 Å². The zero-order valence-corrected chi connectivity index (χ0v) is 9.31. The van der Waals surface area contributed by atoms with Gasteiger partial charge in [-0.25, -0.2) is 4.39 Å². The Morgan fingerprint density at radius 3 is 3.00 bits per heavy atom. The van der Waals surface area contributed by atoms with E-state index in [0.717, 1.165) is 6.20 Å². The molecule has 0 aromatic carbocycles. The van der Waals surface area contributed by atoms with Crippen molar-refractivity contribution in [2.24, 2.45) is 0 Å². The Labute approximate surface area is 97.6 Å². The summed E-state index contributed by atoms with van der Waals surface area (Å²) < 4.78 is 12.9. The van der Waals surface area contributed by atoms with Crippen LogP contribution >= 0.6 is 0 Å². The monoisotopic (exact) mass is 237 g/mol. The molecule has 1 N–H and O–H groups in total. The largest absolute Gasteiger partial charge is 0.343 e. The van der Waals surface area contributed by atoms with Gasteiger partial charge in [-0.15, -0.1) is 0 Å². The molecule has 0 aliphatic carbocycles. The van der Waals surface area contributed by atoms with E-state index >= 15 is 0 Å². The summed E-state index contributed by atoms with van der Waals surface area (Å²) in [5, 5.41) is 2.54. The molecule has 1 aromatic rings. The summed E-state index contributed by atoms with van der Waals surface area (Å²) in [6, 6.07) is 0.773. The van der Waals surface area contributed by atoms with Gasteiger partial charge >= 0.3 is 0 Å².